The Hall–Kier alpha value is -2.24. The van der Waals surface area contributed by atoms with Crippen LogP contribution in [0.25, 0.3) is 0 Å². The van der Waals surface area contributed by atoms with E-state index < -0.39 is 0 Å². The number of nitrogens with zero attached hydrogens (tertiary/aromatic N) is 1. The van der Waals surface area contributed by atoms with Gasteiger partial charge < -0.3 is 20.6 Å². The molecule has 4 N–H and O–H groups in total. The zero-order valence-electron chi connectivity index (χ0n) is 12.6. The minimum absolute atomic E-state index is 0.0369. The first kappa shape index (κ1) is 14.7. The van der Waals surface area contributed by atoms with Crippen LogP contribution in [0.2, 0.25) is 0 Å². The number of hydrogen-bond donors (Lipinski definition) is 4. The maximum absolute atomic E-state index is 12.3. The topological polar surface area (TPSA) is 88.5 Å². The number of aryl methyl sites for hydroxylation is 1. The first-order valence-electron chi connectivity index (χ1n) is 7.73. The molecule has 2 heterocycles. The van der Waals surface area contributed by atoms with Gasteiger partial charge in [-0.3, -0.25) is 10.2 Å². The van der Waals surface area contributed by atoms with Crippen LogP contribution in [-0.2, 0) is 11.2 Å². The van der Waals surface area contributed by atoms with Crippen molar-refractivity contribution in [2.45, 2.75) is 31.2 Å². The van der Waals surface area contributed by atoms with Crippen LogP contribution in [0.3, 0.4) is 0 Å². The molecule has 2 aliphatic rings. The number of phenols is 1. The number of amides is 1. The second-order valence-corrected chi connectivity index (χ2v) is 6.18. The molecule has 0 saturated carbocycles. The molecule has 1 spiro atoms. The van der Waals surface area contributed by atoms with E-state index in [4.69, 9.17) is 5.41 Å². The predicted octanol–water partition coefficient (Wildman–Crippen LogP) is 0.814. The third-order valence-corrected chi connectivity index (χ3v) is 4.63. The number of carbonyl (C=O) groups excluding carboxylic acids is 1. The molecule has 0 aromatic heterocycles. The van der Waals surface area contributed by atoms with Crippen LogP contribution >= 0.6 is 0 Å². The quantitative estimate of drug-likeness (QED) is 0.665. The summed E-state index contributed by atoms with van der Waals surface area (Å²) in [7, 11) is 0. The maximum Gasteiger partial charge on any atom is 0.222 e. The van der Waals surface area contributed by atoms with Gasteiger partial charge in [0.05, 0.1) is 5.54 Å². The number of benzene rings is 1. The second-order valence-electron chi connectivity index (χ2n) is 6.18. The van der Waals surface area contributed by atoms with Crippen LogP contribution in [-0.4, -0.2) is 47.0 Å². The lowest BCUT2D eigenvalue weighted by atomic mass is 9.88. The van der Waals surface area contributed by atoms with E-state index in [1.54, 1.807) is 12.1 Å². The minimum atomic E-state index is -0.0369. The summed E-state index contributed by atoms with van der Waals surface area (Å²) in [5.74, 6) is 0.829. The molecular formula is C16H22N4O2. The highest BCUT2D eigenvalue weighted by Gasteiger charge is 2.39. The summed E-state index contributed by atoms with van der Waals surface area (Å²) in [6.45, 7) is 2.27. The van der Waals surface area contributed by atoms with Crippen LogP contribution < -0.4 is 10.6 Å². The first-order chi connectivity index (χ1) is 10.6. The lowest BCUT2D eigenvalue weighted by Gasteiger charge is -2.38. The van der Waals surface area contributed by atoms with Gasteiger partial charge in [0.2, 0.25) is 5.91 Å². The highest BCUT2D eigenvalue weighted by molar-refractivity contribution is 5.80. The molecule has 1 amide bonds. The summed E-state index contributed by atoms with van der Waals surface area (Å²) >= 11 is 0. The van der Waals surface area contributed by atoms with Gasteiger partial charge in [-0.05, 0) is 37.0 Å². The van der Waals surface area contributed by atoms with E-state index in [-0.39, 0.29) is 17.2 Å². The summed E-state index contributed by atoms with van der Waals surface area (Å²) in [5, 5.41) is 23.1. The molecule has 118 valence electrons. The zero-order chi connectivity index (χ0) is 15.6. The van der Waals surface area contributed by atoms with Crippen molar-refractivity contribution in [2.75, 3.05) is 19.6 Å². The number of guanidine groups is 1. The number of likely N-dealkylation sites (tertiary alicyclic amines) is 1. The Bertz CT molecular complexity index is 562. The fourth-order valence-electron chi connectivity index (χ4n) is 3.17. The molecule has 0 atom stereocenters. The van der Waals surface area contributed by atoms with Gasteiger partial charge in [-0.25, -0.2) is 0 Å². The van der Waals surface area contributed by atoms with Gasteiger partial charge >= 0.3 is 0 Å². The van der Waals surface area contributed by atoms with E-state index in [9.17, 15) is 9.90 Å². The summed E-state index contributed by atoms with van der Waals surface area (Å²) in [6.07, 6.45) is 2.96. The standard InChI is InChI=1S/C16H22N4O2/c17-15-18-11-16(19-15)7-9-20(10-8-16)14(22)6-3-12-1-4-13(21)5-2-12/h1-2,4-5,21H,3,6-11H2,(H3,17,18,19). The number of piperidine rings is 1. The van der Waals surface area contributed by atoms with Crippen molar-refractivity contribution in [2.24, 2.45) is 0 Å². The molecule has 2 fully saturated rings. The average Bonchev–Trinajstić information content (AvgIpc) is 2.88. The van der Waals surface area contributed by atoms with E-state index in [1.165, 1.54) is 0 Å². The van der Waals surface area contributed by atoms with Crippen LogP contribution in [0, 0.1) is 5.41 Å². The van der Waals surface area contributed by atoms with Crippen LogP contribution in [0.4, 0.5) is 0 Å². The Kier molecular flexibility index (Phi) is 3.92. The van der Waals surface area contributed by atoms with E-state index in [1.807, 2.05) is 17.0 Å². The van der Waals surface area contributed by atoms with Crippen molar-refractivity contribution in [1.82, 2.24) is 15.5 Å². The van der Waals surface area contributed by atoms with Gasteiger partial charge in [0.15, 0.2) is 5.96 Å². The molecular weight excluding hydrogens is 280 g/mol. The molecule has 1 aromatic carbocycles. The number of phenolic OH excluding ortho intramolecular Hbond substituents is 1. The van der Waals surface area contributed by atoms with E-state index in [2.05, 4.69) is 10.6 Å². The SMILES string of the molecule is N=C1NCC2(CCN(C(=O)CCc3ccc(O)cc3)CC2)N1. The average molecular weight is 302 g/mol. The van der Waals surface area contributed by atoms with Gasteiger partial charge in [-0.15, -0.1) is 0 Å². The lowest BCUT2D eigenvalue weighted by Crippen LogP contribution is -2.53. The molecule has 0 bridgehead atoms. The molecule has 3 rings (SSSR count). The monoisotopic (exact) mass is 302 g/mol. The van der Waals surface area contributed by atoms with E-state index in [0.29, 0.717) is 18.8 Å². The van der Waals surface area contributed by atoms with E-state index >= 15 is 0 Å². The zero-order valence-corrected chi connectivity index (χ0v) is 12.6. The Morgan fingerprint density at radius 3 is 2.55 bits per heavy atom. The molecule has 0 unspecified atom stereocenters. The lowest BCUT2D eigenvalue weighted by molar-refractivity contribution is -0.132. The predicted molar refractivity (Wildman–Crippen MR) is 83.8 cm³/mol. The number of nitrogens with one attached hydrogen (secondary N) is 3. The Labute approximate surface area is 130 Å². The van der Waals surface area contributed by atoms with Crippen LogP contribution in [0.5, 0.6) is 5.75 Å². The van der Waals surface area contributed by atoms with Gasteiger partial charge in [0, 0.05) is 26.1 Å². The Balaban J connectivity index is 1.48. The number of hydrogen-bond acceptors (Lipinski definition) is 3. The normalized spacial score (nSPS) is 19.8. The molecule has 2 saturated heterocycles. The molecule has 0 radical (unpaired) electrons. The van der Waals surface area contributed by atoms with Crippen molar-refractivity contribution in [1.29, 1.82) is 5.41 Å². The third kappa shape index (κ3) is 3.16. The largest absolute Gasteiger partial charge is 0.508 e. The van der Waals surface area contributed by atoms with E-state index in [0.717, 1.165) is 38.0 Å². The summed E-state index contributed by atoms with van der Waals surface area (Å²) in [5.41, 5.74) is 1.03. The van der Waals surface area contributed by atoms with Crippen molar-refractivity contribution in [3.05, 3.63) is 29.8 Å². The van der Waals surface area contributed by atoms with Gasteiger partial charge in [0.25, 0.3) is 0 Å². The van der Waals surface area contributed by atoms with Crippen molar-refractivity contribution < 1.29 is 9.90 Å². The third-order valence-electron chi connectivity index (χ3n) is 4.63. The Morgan fingerprint density at radius 2 is 1.95 bits per heavy atom. The molecule has 22 heavy (non-hydrogen) atoms. The molecule has 6 heteroatoms. The van der Waals surface area contributed by atoms with Gasteiger partial charge in [-0.1, -0.05) is 12.1 Å². The van der Waals surface area contributed by atoms with Crippen LogP contribution in [0.1, 0.15) is 24.8 Å². The number of rotatable bonds is 3. The van der Waals surface area contributed by atoms with Crippen molar-refractivity contribution in [3.8, 4) is 5.75 Å². The Morgan fingerprint density at radius 1 is 1.27 bits per heavy atom. The summed E-state index contributed by atoms with van der Waals surface area (Å²) in [4.78, 5) is 14.2. The number of carbonyl (C=O) groups is 1. The second kappa shape index (κ2) is 5.87. The smallest absolute Gasteiger partial charge is 0.222 e. The molecule has 6 nitrogen and oxygen atoms in total. The van der Waals surface area contributed by atoms with Gasteiger partial charge in [-0.2, -0.15) is 0 Å². The van der Waals surface area contributed by atoms with Crippen LogP contribution in [0.15, 0.2) is 24.3 Å². The number of aromatic hydroxyl groups is 1. The molecule has 0 aliphatic carbocycles. The highest BCUT2D eigenvalue weighted by Crippen LogP contribution is 2.24. The fourth-order valence-corrected chi connectivity index (χ4v) is 3.17. The fraction of sp³-hybridized carbons (Fsp3) is 0.500. The maximum atomic E-state index is 12.3. The summed E-state index contributed by atoms with van der Waals surface area (Å²) < 4.78 is 0. The highest BCUT2D eigenvalue weighted by atomic mass is 16.3. The minimum Gasteiger partial charge on any atom is -0.508 e. The van der Waals surface area contributed by atoms with Crippen molar-refractivity contribution >= 4 is 11.9 Å². The molecule has 2 aliphatic heterocycles. The first-order valence-corrected chi connectivity index (χ1v) is 7.73. The van der Waals surface area contributed by atoms with Gasteiger partial charge in [0.1, 0.15) is 5.75 Å². The molecule has 1 aromatic rings. The van der Waals surface area contributed by atoms with Crippen molar-refractivity contribution in [3.63, 3.8) is 0 Å². The summed E-state index contributed by atoms with van der Waals surface area (Å²) in [6, 6.07) is 7.01.